The van der Waals surface area contributed by atoms with Crippen molar-refractivity contribution in [2.24, 2.45) is 5.92 Å². The van der Waals surface area contributed by atoms with Gasteiger partial charge in [0.2, 0.25) is 5.95 Å². The lowest BCUT2D eigenvalue weighted by atomic mass is 9.79. The maximum atomic E-state index is 12.7. The number of aromatic nitrogens is 3. The quantitative estimate of drug-likeness (QED) is 0.391. The second-order valence-corrected chi connectivity index (χ2v) is 13.7. The Morgan fingerprint density at radius 3 is 2.68 bits per heavy atom. The highest BCUT2D eigenvalue weighted by molar-refractivity contribution is 7.70. The molecule has 2 heterocycles. The van der Waals surface area contributed by atoms with E-state index in [0.29, 0.717) is 40.6 Å². The van der Waals surface area contributed by atoms with Crippen LogP contribution in [-0.4, -0.2) is 35.4 Å². The van der Waals surface area contributed by atoms with Crippen LogP contribution in [0.1, 0.15) is 60.8 Å². The van der Waals surface area contributed by atoms with Gasteiger partial charge in [-0.3, -0.25) is 0 Å². The van der Waals surface area contributed by atoms with Gasteiger partial charge in [-0.05, 0) is 105 Å². The lowest BCUT2D eigenvalue weighted by Gasteiger charge is -2.27. The molecule has 0 spiro atoms. The van der Waals surface area contributed by atoms with Crippen molar-refractivity contribution in [2.75, 3.05) is 31.1 Å². The zero-order valence-corrected chi connectivity index (χ0v) is 22.7. The lowest BCUT2D eigenvalue weighted by molar-refractivity contribution is 0.416. The first kappa shape index (κ1) is 25.2. The van der Waals surface area contributed by atoms with Gasteiger partial charge in [-0.15, -0.1) is 0 Å². The predicted molar refractivity (Wildman–Crippen MR) is 147 cm³/mol. The van der Waals surface area contributed by atoms with Crippen LogP contribution in [0.4, 0.5) is 23.3 Å². The highest BCUT2D eigenvalue weighted by Gasteiger charge is 2.28. The number of hydrogen-bond donors (Lipinski definition) is 2. The molecule has 3 aromatic rings. The second kappa shape index (κ2) is 10.1. The first-order valence-corrected chi connectivity index (χ1v) is 15.4. The van der Waals surface area contributed by atoms with Crippen LogP contribution in [0.15, 0.2) is 30.5 Å². The molecule has 0 fully saturated rings. The number of methoxy groups -OCH3 is 1. The maximum Gasteiger partial charge on any atom is 0.229 e. The topological polar surface area (TPSA) is 113 Å². The largest absolute Gasteiger partial charge is 0.494 e. The molecule has 2 unspecified atom stereocenters. The van der Waals surface area contributed by atoms with Crippen molar-refractivity contribution < 1.29 is 9.30 Å². The van der Waals surface area contributed by atoms with Gasteiger partial charge in [0.1, 0.15) is 35.8 Å². The van der Waals surface area contributed by atoms with Crippen molar-refractivity contribution in [3.05, 3.63) is 52.7 Å². The van der Waals surface area contributed by atoms with Gasteiger partial charge in [-0.1, -0.05) is 6.92 Å². The fourth-order valence-electron chi connectivity index (χ4n) is 5.61. The van der Waals surface area contributed by atoms with E-state index in [2.05, 4.69) is 50.7 Å². The third-order valence-electron chi connectivity index (χ3n) is 7.32. The number of nitrogens with zero attached hydrogens (tertiary/aromatic N) is 4. The Kier molecular flexibility index (Phi) is 6.92. The standard InChI is InChI=1S/C28H33N6O2P/c1-17-8-9-18-6-5-7-19-13-22(14-20(12-17)25(18)19)31-28-30-16-21(15-29)26(34-28)32-24-11-10-23(36-2)27(33-24)37(3,4)35/h10-11,13-14,16-18H,5-9,12H2,1-4H3,(H2,30,31,32,33,34). The Bertz CT molecular complexity index is 1430. The van der Waals surface area contributed by atoms with E-state index < -0.39 is 7.14 Å². The first-order valence-electron chi connectivity index (χ1n) is 12.8. The SMILES string of the molecule is COc1ccc(Nc2nc(Nc3cc4c5c(c3)CC(C)CCC5CCC4)ncc2C#N)nc1P(C)(C)=O. The summed E-state index contributed by atoms with van der Waals surface area (Å²) in [7, 11) is -1.16. The molecule has 2 aliphatic carbocycles. The monoisotopic (exact) mass is 516 g/mol. The number of anilines is 4. The number of hydrogen-bond acceptors (Lipinski definition) is 8. The van der Waals surface area contributed by atoms with Gasteiger partial charge in [0.05, 0.1) is 13.3 Å². The molecule has 9 heteroatoms. The van der Waals surface area contributed by atoms with Gasteiger partial charge in [0.25, 0.3) is 0 Å². The lowest BCUT2D eigenvalue weighted by Crippen LogP contribution is -2.14. The summed E-state index contributed by atoms with van der Waals surface area (Å²) < 4.78 is 18.1. The van der Waals surface area contributed by atoms with E-state index >= 15 is 0 Å². The molecular formula is C28H33N6O2P. The van der Waals surface area contributed by atoms with Gasteiger partial charge in [-0.2, -0.15) is 10.2 Å². The van der Waals surface area contributed by atoms with E-state index in [0.717, 1.165) is 18.5 Å². The highest BCUT2D eigenvalue weighted by Crippen LogP contribution is 2.43. The van der Waals surface area contributed by atoms with Gasteiger partial charge in [0.15, 0.2) is 5.82 Å². The van der Waals surface area contributed by atoms with Crippen LogP contribution < -0.4 is 20.8 Å². The van der Waals surface area contributed by atoms with Crippen LogP contribution in [0, 0.1) is 17.2 Å². The molecule has 0 saturated carbocycles. The molecule has 37 heavy (non-hydrogen) atoms. The van der Waals surface area contributed by atoms with Crippen LogP contribution in [0.25, 0.3) is 0 Å². The minimum absolute atomic E-state index is 0.287. The average molecular weight is 517 g/mol. The summed E-state index contributed by atoms with van der Waals surface area (Å²) in [6.07, 6.45) is 8.79. The van der Waals surface area contributed by atoms with Crippen LogP contribution >= 0.6 is 7.14 Å². The van der Waals surface area contributed by atoms with E-state index in [-0.39, 0.29) is 5.56 Å². The molecular weight excluding hydrogens is 483 g/mol. The Hall–Kier alpha value is -3.43. The van der Waals surface area contributed by atoms with Crippen molar-refractivity contribution in [2.45, 2.75) is 51.4 Å². The summed E-state index contributed by atoms with van der Waals surface area (Å²) in [5, 5.41) is 16.1. The molecule has 8 nitrogen and oxygen atoms in total. The molecule has 0 saturated heterocycles. The van der Waals surface area contributed by atoms with Crippen molar-refractivity contribution >= 4 is 35.8 Å². The molecule has 0 aliphatic heterocycles. The summed E-state index contributed by atoms with van der Waals surface area (Å²) >= 11 is 0. The van der Waals surface area contributed by atoms with Gasteiger partial charge in [-0.25, -0.2) is 9.97 Å². The Labute approximate surface area is 218 Å². The fraction of sp³-hybridized carbons (Fsp3) is 0.429. The van der Waals surface area contributed by atoms with Crippen molar-refractivity contribution in [1.29, 1.82) is 5.26 Å². The number of nitriles is 1. The molecule has 2 atom stereocenters. The van der Waals surface area contributed by atoms with E-state index in [9.17, 15) is 9.83 Å². The molecule has 5 rings (SSSR count). The van der Waals surface area contributed by atoms with Gasteiger partial charge < -0.3 is 19.9 Å². The van der Waals surface area contributed by atoms with Crippen LogP contribution in [0.2, 0.25) is 0 Å². The number of ether oxygens (including phenoxy) is 1. The number of aryl methyl sites for hydroxylation is 1. The number of pyridine rings is 1. The van der Waals surface area contributed by atoms with Gasteiger partial charge >= 0.3 is 0 Å². The minimum atomic E-state index is -2.69. The molecule has 0 amide bonds. The van der Waals surface area contributed by atoms with E-state index in [1.165, 1.54) is 50.1 Å². The summed E-state index contributed by atoms with van der Waals surface area (Å²) in [6.45, 7) is 5.64. The summed E-state index contributed by atoms with van der Waals surface area (Å²) in [6, 6.07) is 10.1. The first-order chi connectivity index (χ1) is 17.7. The van der Waals surface area contributed by atoms with Crippen LogP contribution in [-0.2, 0) is 17.4 Å². The Balaban J connectivity index is 1.46. The third kappa shape index (κ3) is 5.33. The average Bonchev–Trinajstić information content (AvgIpc) is 3.03. The van der Waals surface area contributed by atoms with E-state index in [1.807, 2.05) is 0 Å². The zero-order chi connectivity index (χ0) is 26.2. The Morgan fingerprint density at radius 2 is 1.92 bits per heavy atom. The van der Waals surface area contributed by atoms with Crippen LogP contribution in [0.5, 0.6) is 5.75 Å². The second-order valence-electron chi connectivity index (χ2n) is 10.6. The van der Waals surface area contributed by atoms with Crippen molar-refractivity contribution in [1.82, 2.24) is 15.0 Å². The number of nitrogens with one attached hydrogen (secondary N) is 2. The smallest absolute Gasteiger partial charge is 0.229 e. The molecule has 2 aromatic heterocycles. The fourth-order valence-corrected chi connectivity index (χ4v) is 6.65. The maximum absolute atomic E-state index is 12.7. The summed E-state index contributed by atoms with van der Waals surface area (Å²) in [4.78, 5) is 13.5. The molecule has 2 N–H and O–H groups in total. The Morgan fingerprint density at radius 1 is 1.11 bits per heavy atom. The molecule has 0 bridgehead atoms. The summed E-state index contributed by atoms with van der Waals surface area (Å²) in [5.74, 6) is 2.98. The number of benzene rings is 1. The molecule has 1 aromatic carbocycles. The predicted octanol–water partition coefficient (Wildman–Crippen LogP) is 5.88. The minimum Gasteiger partial charge on any atom is -0.494 e. The van der Waals surface area contributed by atoms with Crippen molar-refractivity contribution in [3.8, 4) is 11.8 Å². The molecule has 0 radical (unpaired) electrons. The molecule has 2 aliphatic rings. The summed E-state index contributed by atoms with van der Waals surface area (Å²) in [5.41, 5.74) is 6.11. The number of rotatable bonds is 6. The molecule has 192 valence electrons. The van der Waals surface area contributed by atoms with Crippen LogP contribution in [0.3, 0.4) is 0 Å². The van der Waals surface area contributed by atoms with E-state index in [1.54, 1.807) is 31.0 Å². The highest BCUT2D eigenvalue weighted by atomic mass is 31.2. The zero-order valence-electron chi connectivity index (χ0n) is 21.8. The normalized spacial score (nSPS) is 18.8. The van der Waals surface area contributed by atoms with Gasteiger partial charge in [0, 0.05) is 5.69 Å². The van der Waals surface area contributed by atoms with E-state index in [4.69, 9.17) is 4.74 Å². The third-order valence-corrected chi connectivity index (χ3v) is 8.66. The van der Waals surface area contributed by atoms with Crippen molar-refractivity contribution in [3.63, 3.8) is 0 Å².